The number of carbonyl (C=O) groups excluding carboxylic acids is 2. The number of benzene rings is 2. The summed E-state index contributed by atoms with van der Waals surface area (Å²) in [6, 6.07) is 16.4. The molecular weight excluding hydrogens is 356 g/mol. The minimum atomic E-state index is -0.569. The van der Waals surface area contributed by atoms with Crippen LogP contribution in [0.1, 0.15) is 28.6 Å². The molecule has 1 unspecified atom stereocenters. The highest BCUT2D eigenvalue weighted by Crippen LogP contribution is 2.37. The molecule has 1 aromatic heterocycles. The van der Waals surface area contributed by atoms with Crippen LogP contribution in [0, 0.1) is 6.92 Å². The van der Waals surface area contributed by atoms with Gasteiger partial charge in [0.1, 0.15) is 5.75 Å². The van der Waals surface area contributed by atoms with Crippen LogP contribution in [-0.2, 0) is 11.3 Å². The number of anilines is 2. The van der Waals surface area contributed by atoms with Crippen LogP contribution < -0.4 is 15.0 Å². The van der Waals surface area contributed by atoms with E-state index in [4.69, 9.17) is 9.15 Å². The molecule has 1 aliphatic heterocycles. The molecule has 0 spiro atoms. The van der Waals surface area contributed by atoms with E-state index in [9.17, 15) is 9.59 Å². The molecule has 1 aliphatic rings. The summed E-state index contributed by atoms with van der Waals surface area (Å²) in [7, 11) is 0. The average molecular weight is 376 g/mol. The van der Waals surface area contributed by atoms with Crippen molar-refractivity contribution < 1.29 is 18.7 Å². The Balaban J connectivity index is 1.66. The van der Waals surface area contributed by atoms with Crippen LogP contribution >= 0.6 is 0 Å². The van der Waals surface area contributed by atoms with Crippen molar-refractivity contribution in [1.29, 1.82) is 0 Å². The molecule has 3 aromatic rings. The number of hydrogen-bond donors (Lipinski definition) is 1. The summed E-state index contributed by atoms with van der Waals surface area (Å²) in [6.07, 6.45) is 0.875. The van der Waals surface area contributed by atoms with Gasteiger partial charge in [0.05, 0.1) is 18.5 Å². The highest BCUT2D eigenvalue weighted by molar-refractivity contribution is 6.04. The summed E-state index contributed by atoms with van der Waals surface area (Å²) in [5.74, 6) is 0.351. The molecule has 0 aliphatic carbocycles. The van der Waals surface area contributed by atoms with Crippen molar-refractivity contribution in [3.8, 4) is 5.75 Å². The molecule has 6 heteroatoms. The first-order valence-corrected chi connectivity index (χ1v) is 9.04. The largest absolute Gasteiger partial charge is 0.479 e. The van der Waals surface area contributed by atoms with E-state index in [-0.39, 0.29) is 17.6 Å². The van der Waals surface area contributed by atoms with Crippen LogP contribution in [0.5, 0.6) is 5.75 Å². The van der Waals surface area contributed by atoms with E-state index < -0.39 is 6.10 Å². The van der Waals surface area contributed by atoms with Crippen LogP contribution in [0.4, 0.5) is 11.4 Å². The van der Waals surface area contributed by atoms with Crippen LogP contribution in [0.25, 0.3) is 0 Å². The second-order valence-electron chi connectivity index (χ2n) is 6.72. The molecule has 2 amide bonds. The normalized spacial score (nSPS) is 15.7. The van der Waals surface area contributed by atoms with Gasteiger partial charge in [-0.1, -0.05) is 24.3 Å². The van der Waals surface area contributed by atoms with Crippen molar-refractivity contribution in [3.63, 3.8) is 0 Å². The zero-order chi connectivity index (χ0) is 19.7. The lowest BCUT2D eigenvalue weighted by Crippen LogP contribution is -2.44. The molecule has 142 valence electrons. The SMILES string of the molecule is Cc1ccccc1CN1C(=O)C(C)Oc2ccc(NC(=O)c3ccco3)cc21. The molecule has 6 nitrogen and oxygen atoms in total. The van der Waals surface area contributed by atoms with Crippen molar-refractivity contribution in [1.82, 2.24) is 0 Å². The van der Waals surface area contributed by atoms with Crippen molar-refractivity contribution in [3.05, 3.63) is 77.7 Å². The van der Waals surface area contributed by atoms with Gasteiger partial charge in [0.25, 0.3) is 11.8 Å². The van der Waals surface area contributed by atoms with E-state index >= 15 is 0 Å². The lowest BCUT2D eigenvalue weighted by Gasteiger charge is -2.33. The van der Waals surface area contributed by atoms with Crippen LogP contribution in [0.15, 0.2) is 65.3 Å². The molecule has 0 bridgehead atoms. The number of nitrogens with zero attached hydrogens (tertiary/aromatic N) is 1. The number of carbonyl (C=O) groups is 2. The lowest BCUT2D eigenvalue weighted by atomic mass is 10.1. The Labute approximate surface area is 162 Å². The summed E-state index contributed by atoms with van der Waals surface area (Å²) < 4.78 is 10.9. The molecule has 0 saturated heterocycles. The Morgan fingerprint density at radius 3 is 2.71 bits per heavy atom. The molecule has 4 rings (SSSR count). The second kappa shape index (κ2) is 7.23. The summed E-state index contributed by atoms with van der Waals surface area (Å²) in [5.41, 5.74) is 3.35. The number of amides is 2. The van der Waals surface area contributed by atoms with Crippen molar-refractivity contribution >= 4 is 23.2 Å². The van der Waals surface area contributed by atoms with E-state index in [1.54, 1.807) is 42.2 Å². The Kier molecular flexibility index (Phi) is 4.61. The van der Waals surface area contributed by atoms with Crippen LogP contribution in [-0.4, -0.2) is 17.9 Å². The molecule has 0 saturated carbocycles. The van der Waals surface area contributed by atoms with Crippen LogP contribution in [0.3, 0.4) is 0 Å². The van der Waals surface area contributed by atoms with Gasteiger partial charge >= 0.3 is 0 Å². The van der Waals surface area contributed by atoms with E-state index in [1.165, 1.54) is 6.26 Å². The first-order chi connectivity index (χ1) is 13.5. The maximum Gasteiger partial charge on any atom is 0.291 e. The van der Waals surface area contributed by atoms with Crippen molar-refractivity contribution in [2.75, 3.05) is 10.2 Å². The van der Waals surface area contributed by atoms with Crippen LogP contribution in [0.2, 0.25) is 0 Å². The zero-order valence-electron chi connectivity index (χ0n) is 15.6. The Hall–Kier alpha value is -3.54. The minimum Gasteiger partial charge on any atom is -0.479 e. The van der Waals surface area contributed by atoms with Gasteiger partial charge in [-0.25, -0.2) is 0 Å². The van der Waals surface area contributed by atoms with Gasteiger partial charge in [-0.2, -0.15) is 0 Å². The number of fused-ring (bicyclic) bond motifs is 1. The third-order valence-corrected chi connectivity index (χ3v) is 4.76. The van der Waals surface area contributed by atoms with Gasteiger partial charge in [0.15, 0.2) is 11.9 Å². The second-order valence-corrected chi connectivity index (χ2v) is 6.72. The topological polar surface area (TPSA) is 71.8 Å². The van der Waals surface area contributed by atoms with Gasteiger partial charge in [-0.15, -0.1) is 0 Å². The first-order valence-electron chi connectivity index (χ1n) is 9.04. The molecule has 0 fully saturated rings. The summed E-state index contributed by atoms with van der Waals surface area (Å²) in [6.45, 7) is 4.19. The first kappa shape index (κ1) is 17.9. The van der Waals surface area contributed by atoms with Gasteiger partial charge in [-0.05, 0) is 55.3 Å². The summed E-state index contributed by atoms with van der Waals surface area (Å²) >= 11 is 0. The van der Waals surface area contributed by atoms with E-state index in [0.29, 0.717) is 23.7 Å². The monoisotopic (exact) mass is 376 g/mol. The standard InChI is InChI=1S/C22H20N2O4/c1-14-6-3-4-7-16(14)13-24-18-12-17(23-21(25)20-8-5-11-27-20)9-10-19(18)28-15(2)22(24)26/h3-12,15H,13H2,1-2H3,(H,23,25). The highest BCUT2D eigenvalue weighted by atomic mass is 16.5. The molecule has 2 heterocycles. The fourth-order valence-electron chi connectivity index (χ4n) is 3.21. The quantitative estimate of drug-likeness (QED) is 0.742. The molecule has 0 radical (unpaired) electrons. The van der Waals surface area contributed by atoms with E-state index in [0.717, 1.165) is 11.1 Å². The average Bonchev–Trinajstić information content (AvgIpc) is 3.22. The lowest BCUT2D eigenvalue weighted by molar-refractivity contribution is -0.125. The summed E-state index contributed by atoms with van der Waals surface area (Å²) in [5, 5.41) is 2.79. The van der Waals surface area contributed by atoms with Crippen molar-refractivity contribution in [2.45, 2.75) is 26.5 Å². The van der Waals surface area contributed by atoms with E-state index in [2.05, 4.69) is 5.32 Å². The van der Waals surface area contributed by atoms with Gasteiger partial charge in [-0.3, -0.25) is 9.59 Å². The van der Waals surface area contributed by atoms with E-state index in [1.807, 2.05) is 31.2 Å². The summed E-state index contributed by atoms with van der Waals surface area (Å²) in [4.78, 5) is 26.8. The predicted molar refractivity (Wildman–Crippen MR) is 106 cm³/mol. The molecule has 1 atom stereocenters. The Morgan fingerprint density at radius 2 is 1.96 bits per heavy atom. The van der Waals surface area contributed by atoms with Gasteiger partial charge < -0.3 is 19.4 Å². The smallest absolute Gasteiger partial charge is 0.291 e. The number of hydrogen-bond acceptors (Lipinski definition) is 4. The number of rotatable bonds is 4. The minimum absolute atomic E-state index is 0.120. The molecular formula is C22H20N2O4. The Bertz CT molecular complexity index is 1030. The molecule has 28 heavy (non-hydrogen) atoms. The maximum atomic E-state index is 12.8. The fourth-order valence-corrected chi connectivity index (χ4v) is 3.21. The molecule has 2 aromatic carbocycles. The number of aryl methyl sites for hydroxylation is 1. The highest BCUT2D eigenvalue weighted by Gasteiger charge is 2.32. The Morgan fingerprint density at radius 1 is 1.14 bits per heavy atom. The third-order valence-electron chi connectivity index (χ3n) is 4.76. The third kappa shape index (κ3) is 3.36. The number of nitrogens with one attached hydrogen (secondary N) is 1. The van der Waals surface area contributed by atoms with Crippen molar-refractivity contribution in [2.24, 2.45) is 0 Å². The van der Waals surface area contributed by atoms with Gasteiger partial charge in [0, 0.05) is 5.69 Å². The fraction of sp³-hybridized carbons (Fsp3) is 0.182. The zero-order valence-corrected chi connectivity index (χ0v) is 15.6. The maximum absolute atomic E-state index is 12.8. The number of furan rings is 1. The number of ether oxygens (including phenoxy) is 1. The molecule has 1 N–H and O–H groups in total. The predicted octanol–water partition coefficient (Wildman–Crippen LogP) is 4.15. The van der Waals surface area contributed by atoms with Gasteiger partial charge in [0.2, 0.25) is 0 Å².